The highest BCUT2D eigenvalue weighted by atomic mass is 19.3. The van der Waals surface area contributed by atoms with Gasteiger partial charge in [0.25, 0.3) is 5.92 Å². The molecule has 0 aliphatic carbocycles. The summed E-state index contributed by atoms with van der Waals surface area (Å²) >= 11 is 0. The molecule has 200 valence electrons. The lowest BCUT2D eigenvalue weighted by Crippen LogP contribution is -2.54. The van der Waals surface area contributed by atoms with E-state index in [1.54, 1.807) is 31.2 Å². The first-order valence-corrected chi connectivity index (χ1v) is 13.0. The quantitative estimate of drug-likeness (QED) is 0.336. The van der Waals surface area contributed by atoms with Gasteiger partial charge in [0, 0.05) is 41.5 Å². The van der Waals surface area contributed by atoms with Gasteiger partial charge in [-0.3, -0.25) is 9.80 Å². The Bertz CT molecular complexity index is 1260. The molecule has 2 unspecified atom stereocenters. The van der Waals surface area contributed by atoms with Gasteiger partial charge in [-0.2, -0.15) is 0 Å². The summed E-state index contributed by atoms with van der Waals surface area (Å²) in [6.07, 6.45) is 2.70. The van der Waals surface area contributed by atoms with E-state index in [4.69, 9.17) is 0 Å². The van der Waals surface area contributed by atoms with Gasteiger partial charge in [-0.15, -0.1) is 0 Å². The molecule has 3 heterocycles. The molecule has 2 aliphatic heterocycles. The summed E-state index contributed by atoms with van der Waals surface area (Å²) in [6.45, 7) is 4.77. The predicted octanol–water partition coefficient (Wildman–Crippen LogP) is 5.31. The van der Waals surface area contributed by atoms with E-state index in [-0.39, 0.29) is 17.1 Å². The number of likely N-dealkylation sites (tertiary alicyclic amines) is 1. The number of fused-ring (bicyclic) bond motifs is 3. The van der Waals surface area contributed by atoms with Gasteiger partial charge in [0.15, 0.2) is 0 Å². The molecule has 5 nitrogen and oxygen atoms in total. The maximum Gasteiger partial charge on any atom is 0.283 e. The van der Waals surface area contributed by atoms with E-state index >= 15 is 4.39 Å². The summed E-state index contributed by atoms with van der Waals surface area (Å²) in [5, 5.41) is 13.3. The number of anilines is 1. The van der Waals surface area contributed by atoms with Crippen LogP contribution in [0, 0.1) is 11.6 Å². The second-order valence-electron chi connectivity index (χ2n) is 10.5. The van der Waals surface area contributed by atoms with Crippen molar-refractivity contribution in [1.29, 1.82) is 0 Å². The van der Waals surface area contributed by atoms with Crippen molar-refractivity contribution in [2.24, 2.45) is 0 Å². The molecular weight excluding hydrogens is 484 g/mol. The van der Waals surface area contributed by atoms with Crippen LogP contribution in [0.2, 0.25) is 0 Å². The van der Waals surface area contributed by atoms with Crippen molar-refractivity contribution < 1.29 is 22.7 Å². The summed E-state index contributed by atoms with van der Waals surface area (Å²) in [4.78, 5) is 6.95. The normalized spacial score (nSPS) is 21.3. The largest absolute Gasteiger partial charge is 0.390 e. The molecule has 3 N–H and O–H groups in total. The number of nitrogens with one attached hydrogen (secondary N) is 2. The van der Waals surface area contributed by atoms with Gasteiger partial charge in [-0.1, -0.05) is 31.5 Å². The van der Waals surface area contributed by atoms with Gasteiger partial charge in [0.05, 0.1) is 24.1 Å². The van der Waals surface area contributed by atoms with Crippen LogP contribution in [0.3, 0.4) is 0 Å². The van der Waals surface area contributed by atoms with Gasteiger partial charge in [-0.25, -0.2) is 17.6 Å². The average molecular weight is 519 g/mol. The van der Waals surface area contributed by atoms with Gasteiger partial charge in [-0.05, 0) is 50.1 Å². The Morgan fingerprint density at radius 1 is 1.14 bits per heavy atom. The van der Waals surface area contributed by atoms with E-state index in [2.05, 4.69) is 22.1 Å². The first-order chi connectivity index (χ1) is 17.7. The van der Waals surface area contributed by atoms with Crippen LogP contribution in [-0.4, -0.2) is 70.7 Å². The molecule has 0 amide bonds. The van der Waals surface area contributed by atoms with E-state index in [9.17, 15) is 18.3 Å². The first-order valence-electron chi connectivity index (χ1n) is 13.0. The van der Waals surface area contributed by atoms with E-state index in [1.165, 1.54) is 17.0 Å². The number of alkyl halides is 2. The molecule has 2 atom stereocenters. The van der Waals surface area contributed by atoms with Gasteiger partial charge in [0.1, 0.15) is 18.2 Å². The Balaban J connectivity index is 1.48. The average Bonchev–Trinajstić information content (AvgIpc) is 3.21. The minimum atomic E-state index is -3.37. The number of hydrogen-bond acceptors (Lipinski definition) is 4. The molecule has 0 saturated carbocycles. The molecule has 3 aromatic rings. The Morgan fingerprint density at radius 2 is 1.92 bits per heavy atom. The van der Waals surface area contributed by atoms with Crippen LogP contribution in [0.25, 0.3) is 10.9 Å². The van der Waals surface area contributed by atoms with E-state index in [0.29, 0.717) is 23.2 Å². The molecule has 9 heteroatoms. The number of para-hydroxylation sites is 1. The molecule has 37 heavy (non-hydrogen) atoms. The number of aliphatic hydroxyl groups is 1. The predicted molar refractivity (Wildman–Crippen MR) is 137 cm³/mol. The Labute approximate surface area is 214 Å². The highest BCUT2D eigenvalue weighted by Gasteiger charge is 2.42. The number of benzene rings is 2. The standard InChI is InChI=1S/C28H34F4N4O/c1-3-4-10-35-13-19(14-35)33-18-8-9-21(24(30)12-18)27-26-22(20-6-5-7-23(29)25(20)34-26)11-17(2)36(27)15-28(31,32)16-37/h5-9,12,17,19,27,33-34,37H,3-4,10-11,13-16H2,1-2H3. The van der Waals surface area contributed by atoms with Crippen LogP contribution in [0.1, 0.15) is 49.6 Å². The zero-order valence-corrected chi connectivity index (χ0v) is 21.2. The number of rotatable bonds is 9. The smallest absolute Gasteiger partial charge is 0.283 e. The van der Waals surface area contributed by atoms with Crippen molar-refractivity contribution in [3.05, 3.63) is 64.9 Å². The molecule has 1 fully saturated rings. The number of aliphatic hydroxyl groups excluding tert-OH is 1. The molecule has 0 spiro atoms. The molecule has 1 saturated heterocycles. The van der Waals surface area contributed by atoms with Gasteiger partial charge in [0.2, 0.25) is 0 Å². The highest BCUT2D eigenvalue weighted by molar-refractivity contribution is 5.86. The summed E-state index contributed by atoms with van der Waals surface area (Å²) in [7, 11) is 0. The third-order valence-corrected chi connectivity index (χ3v) is 7.69. The minimum absolute atomic E-state index is 0.234. The van der Waals surface area contributed by atoms with Crippen molar-refractivity contribution in [3.8, 4) is 0 Å². The maximum atomic E-state index is 15.7. The summed E-state index contributed by atoms with van der Waals surface area (Å²) in [5.41, 5.74) is 2.48. The summed E-state index contributed by atoms with van der Waals surface area (Å²) in [5.74, 6) is -4.33. The third-order valence-electron chi connectivity index (χ3n) is 7.69. The van der Waals surface area contributed by atoms with Crippen molar-refractivity contribution in [1.82, 2.24) is 14.8 Å². The monoisotopic (exact) mass is 518 g/mol. The lowest BCUT2D eigenvalue weighted by atomic mass is 9.88. The van der Waals surface area contributed by atoms with Crippen molar-refractivity contribution >= 4 is 16.6 Å². The lowest BCUT2D eigenvalue weighted by molar-refractivity contribution is -0.0866. The Morgan fingerprint density at radius 3 is 2.62 bits per heavy atom. The number of nitrogens with zero attached hydrogens (tertiary/aromatic N) is 2. The van der Waals surface area contributed by atoms with E-state index < -0.39 is 42.8 Å². The van der Waals surface area contributed by atoms with Gasteiger partial charge < -0.3 is 15.4 Å². The molecular formula is C28H34F4N4O. The number of unbranched alkanes of at least 4 members (excludes halogenated alkanes) is 1. The van der Waals surface area contributed by atoms with E-state index in [0.717, 1.165) is 38.0 Å². The Kier molecular flexibility index (Phi) is 7.22. The number of halogens is 4. The third kappa shape index (κ3) is 5.09. The molecule has 2 aliphatic rings. The summed E-state index contributed by atoms with van der Waals surface area (Å²) < 4.78 is 59.2. The number of aromatic amines is 1. The SMILES string of the molecule is CCCCN1CC(Nc2ccc(C3c4[nH]c5c(F)cccc5c4CC(C)N3CC(F)(F)CO)c(F)c2)C1. The first kappa shape index (κ1) is 26.0. The summed E-state index contributed by atoms with van der Waals surface area (Å²) in [6, 6.07) is 8.52. The molecule has 5 rings (SSSR count). The molecule has 0 radical (unpaired) electrons. The highest BCUT2D eigenvalue weighted by Crippen LogP contribution is 2.43. The number of aromatic nitrogens is 1. The Hall–Kier alpha value is -2.62. The van der Waals surface area contributed by atoms with Crippen LogP contribution in [-0.2, 0) is 6.42 Å². The number of H-pyrrole nitrogens is 1. The van der Waals surface area contributed by atoms with Crippen LogP contribution < -0.4 is 5.32 Å². The lowest BCUT2D eigenvalue weighted by Gasteiger charge is -2.42. The second-order valence-corrected chi connectivity index (χ2v) is 10.5. The zero-order chi connectivity index (χ0) is 26.3. The van der Waals surface area contributed by atoms with Crippen LogP contribution in [0.4, 0.5) is 23.2 Å². The molecule has 0 bridgehead atoms. The second kappa shape index (κ2) is 10.3. The van der Waals surface area contributed by atoms with E-state index in [1.807, 2.05) is 0 Å². The van der Waals surface area contributed by atoms with Gasteiger partial charge >= 0.3 is 0 Å². The molecule has 1 aromatic heterocycles. The topological polar surface area (TPSA) is 54.5 Å². The fourth-order valence-corrected chi connectivity index (χ4v) is 5.74. The van der Waals surface area contributed by atoms with Crippen LogP contribution in [0.15, 0.2) is 36.4 Å². The fourth-order valence-electron chi connectivity index (χ4n) is 5.74. The van der Waals surface area contributed by atoms with Crippen LogP contribution in [0.5, 0.6) is 0 Å². The van der Waals surface area contributed by atoms with Crippen LogP contribution >= 0.6 is 0 Å². The number of hydrogen-bond donors (Lipinski definition) is 3. The minimum Gasteiger partial charge on any atom is -0.390 e. The van der Waals surface area contributed by atoms with Crippen molar-refractivity contribution in [2.75, 3.05) is 38.1 Å². The van der Waals surface area contributed by atoms with Crippen molar-refractivity contribution in [3.63, 3.8) is 0 Å². The van der Waals surface area contributed by atoms with Crippen molar-refractivity contribution in [2.45, 2.75) is 57.2 Å². The fraction of sp³-hybridized carbons (Fsp3) is 0.500. The zero-order valence-electron chi connectivity index (χ0n) is 21.2. The molecule has 2 aromatic carbocycles. The maximum absolute atomic E-state index is 15.7.